The summed E-state index contributed by atoms with van der Waals surface area (Å²) in [5.74, 6) is 0. The quantitative estimate of drug-likeness (QED) is 0.515. The van der Waals surface area contributed by atoms with Crippen molar-refractivity contribution in [1.29, 1.82) is 0 Å². The van der Waals surface area contributed by atoms with Gasteiger partial charge in [-0.3, -0.25) is 4.99 Å². The van der Waals surface area contributed by atoms with Crippen LogP contribution in [0.2, 0.25) is 0 Å². The third-order valence-corrected chi connectivity index (χ3v) is 1.64. The van der Waals surface area contributed by atoms with Gasteiger partial charge in [0.25, 0.3) is 0 Å². The van der Waals surface area contributed by atoms with Crippen LogP contribution in [-0.4, -0.2) is 12.3 Å². The Hall–Kier alpha value is -0.850. The van der Waals surface area contributed by atoms with Crippen LogP contribution in [0, 0.1) is 0 Å². The predicted octanol–water partition coefficient (Wildman–Crippen LogP) is 2.35. The SMILES string of the molecule is C=CCC1CC=C(C)C=N1. The van der Waals surface area contributed by atoms with Crippen molar-refractivity contribution in [2.24, 2.45) is 4.99 Å². The molecule has 0 N–H and O–H groups in total. The first-order chi connectivity index (χ1) is 4.83. The molecule has 1 nitrogen and oxygen atoms in total. The van der Waals surface area contributed by atoms with Gasteiger partial charge >= 0.3 is 0 Å². The fourth-order valence-corrected chi connectivity index (χ4v) is 1.01. The Morgan fingerprint density at radius 2 is 2.70 bits per heavy atom. The Balaban J connectivity index is 2.44. The molecule has 0 spiro atoms. The third-order valence-electron chi connectivity index (χ3n) is 1.64. The molecule has 0 amide bonds. The molecule has 0 aromatic heterocycles. The Morgan fingerprint density at radius 1 is 1.90 bits per heavy atom. The van der Waals surface area contributed by atoms with Crippen LogP contribution in [0.3, 0.4) is 0 Å². The normalized spacial score (nSPS) is 24.1. The molecular weight excluding hydrogens is 122 g/mol. The van der Waals surface area contributed by atoms with Crippen molar-refractivity contribution in [3.63, 3.8) is 0 Å². The van der Waals surface area contributed by atoms with E-state index in [4.69, 9.17) is 0 Å². The zero-order chi connectivity index (χ0) is 7.40. The van der Waals surface area contributed by atoms with Gasteiger partial charge in [0.05, 0.1) is 6.04 Å². The summed E-state index contributed by atoms with van der Waals surface area (Å²) < 4.78 is 0. The van der Waals surface area contributed by atoms with Gasteiger partial charge in [-0.25, -0.2) is 0 Å². The van der Waals surface area contributed by atoms with E-state index in [0.29, 0.717) is 6.04 Å². The Labute approximate surface area is 62.2 Å². The van der Waals surface area contributed by atoms with Crippen LogP contribution in [0.25, 0.3) is 0 Å². The van der Waals surface area contributed by atoms with Gasteiger partial charge in [-0.15, -0.1) is 6.58 Å². The zero-order valence-corrected chi connectivity index (χ0v) is 6.38. The van der Waals surface area contributed by atoms with Crippen molar-refractivity contribution in [3.05, 3.63) is 24.3 Å². The van der Waals surface area contributed by atoms with E-state index >= 15 is 0 Å². The molecule has 1 aliphatic heterocycles. The lowest BCUT2D eigenvalue weighted by Crippen LogP contribution is -2.06. The van der Waals surface area contributed by atoms with Crippen LogP contribution >= 0.6 is 0 Å². The second kappa shape index (κ2) is 3.35. The first kappa shape index (κ1) is 7.26. The van der Waals surface area contributed by atoms with E-state index in [1.54, 1.807) is 0 Å². The second-order valence-corrected chi connectivity index (χ2v) is 2.64. The van der Waals surface area contributed by atoms with E-state index < -0.39 is 0 Å². The maximum atomic E-state index is 4.34. The average Bonchev–Trinajstić information content (AvgIpc) is 1.95. The number of hydrogen-bond acceptors (Lipinski definition) is 1. The molecule has 0 radical (unpaired) electrons. The summed E-state index contributed by atoms with van der Waals surface area (Å²) in [4.78, 5) is 4.34. The van der Waals surface area contributed by atoms with Crippen molar-refractivity contribution in [3.8, 4) is 0 Å². The highest BCUT2D eigenvalue weighted by Crippen LogP contribution is 2.11. The van der Waals surface area contributed by atoms with E-state index in [2.05, 4.69) is 24.6 Å². The first-order valence-electron chi connectivity index (χ1n) is 3.63. The summed E-state index contributed by atoms with van der Waals surface area (Å²) >= 11 is 0. The van der Waals surface area contributed by atoms with Crippen molar-refractivity contribution < 1.29 is 0 Å². The van der Waals surface area contributed by atoms with Gasteiger partial charge < -0.3 is 0 Å². The monoisotopic (exact) mass is 135 g/mol. The summed E-state index contributed by atoms with van der Waals surface area (Å²) in [7, 11) is 0. The second-order valence-electron chi connectivity index (χ2n) is 2.64. The highest BCUT2D eigenvalue weighted by Gasteiger charge is 2.04. The molecule has 0 aromatic rings. The molecule has 1 unspecified atom stereocenters. The van der Waals surface area contributed by atoms with Gasteiger partial charge in [0.15, 0.2) is 0 Å². The van der Waals surface area contributed by atoms with Crippen LogP contribution in [0.15, 0.2) is 29.3 Å². The van der Waals surface area contributed by atoms with Crippen LogP contribution in [0.5, 0.6) is 0 Å². The Kier molecular flexibility index (Phi) is 2.43. The minimum atomic E-state index is 0.459. The lowest BCUT2D eigenvalue weighted by Gasteiger charge is -2.11. The average molecular weight is 135 g/mol. The van der Waals surface area contributed by atoms with Crippen molar-refractivity contribution in [1.82, 2.24) is 0 Å². The molecule has 0 saturated heterocycles. The summed E-state index contributed by atoms with van der Waals surface area (Å²) in [5.41, 5.74) is 1.28. The summed E-state index contributed by atoms with van der Waals surface area (Å²) in [6.07, 6.45) is 8.17. The molecule has 0 fully saturated rings. The molecule has 0 aliphatic carbocycles. The zero-order valence-electron chi connectivity index (χ0n) is 6.38. The van der Waals surface area contributed by atoms with Crippen LogP contribution in [-0.2, 0) is 0 Å². The molecule has 0 saturated carbocycles. The van der Waals surface area contributed by atoms with E-state index in [0.717, 1.165) is 12.8 Å². The maximum Gasteiger partial charge on any atom is 0.0568 e. The molecule has 1 aliphatic rings. The number of hydrogen-bond donors (Lipinski definition) is 0. The van der Waals surface area contributed by atoms with Crippen molar-refractivity contribution in [2.45, 2.75) is 25.8 Å². The summed E-state index contributed by atoms with van der Waals surface area (Å²) in [6.45, 7) is 5.76. The van der Waals surface area contributed by atoms with Gasteiger partial charge in [0.2, 0.25) is 0 Å². The molecule has 0 bridgehead atoms. The molecule has 0 aromatic carbocycles. The van der Waals surface area contributed by atoms with Crippen LogP contribution < -0.4 is 0 Å². The van der Waals surface area contributed by atoms with Gasteiger partial charge in [0, 0.05) is 6.21 Å². The van der Waals surface area contributed by atoms with E-state index in [-0.39, 0.29) is 0 Å². The van der Waals surface area contributed by atoms with E-state index in [1.165, 1.54) is 5.57 Å². The third kappa shape index (κ3) is 1.83. The fraction of sp³-hybridized carbons (Fsp3) is 0.444. The molecule has 54 valence electrons. The van der Waals surface area contributed by atoms with E-state index in [9.17, 15) is 0 Å². The molecule has 1 heterocycles. The summed E-state index contributed by atoms with van der Waals surface area (Å²) in [5, 5.41) is 0. The lowest BCUT2D eigenvalue weighted by atomic mass is 10.1. The Morgan fingerprint density at radius 3 is 3.20 bits per heavy atom. The molecule has 1 atom stereocenters. The highest BCUT2D eigenvalue weighted by molar-refractivity contribution is 5.78. The topological polar surface area (TPSA) is 12.4 Å². The smallest absolute Gasteiger partial charge is 0.0568 e. The number of aliphatic imine (C=N–C) groups is 1. The number of nitrogens with zero attached hydrogens (tertiary/aromatic N) is 1. The van der Waals surface area contributed by atoms with Crippen molar-refractivity contribution >= 4 is 6.21 Å². The molecule has 1 rings (SSSR count). The van der Waals surface area contributed by atoms with Gasteiger partial charge in [-0.2, -0.15) is 0 Å². The minimum Gasteiger partial charge on any atom is -0.289 e. The van der Waals surface area contributed by atoms with Gasteiger partial charge in [-0.05, 0) is 25.3 Å². The largest absolute Gasteiger partial charge is 0.289 e. The fourth-order valence-electron chi connectivity index (χ4n) is 1.01. The van der Waals surface area contributed by atoms with Gasteiger partial charge in [-0.1, -0.05) is 12.2 Å². The lowest BCUT2D eigenvalue weighted by molar-refractivity contribution is 0.691. The van der Waals surface area contributed by atoms with E-state index in [1.807, 2.05) is 12.3 Å². The Bertz CT molecular complexity index is 177. The maximum absolute atomic E-state index is 4.34. The number of rotatable bonds is 2. The first-order valence-corrected chi connectivity index (χ1v) is 3.63. The minimum absolute atomic E-state index is 0.459. The summed E-state index contributed by atoms with van der Waals surface area (Å²) in [6, 6.07) is 0.459. The number of allylic oxidation sites excluding steroid dienone is 1. The standard InChI is InChI=1S/C9H13N/c1-3-4-9-6-5-8(2)7-10-9/h3,5,7,9H,1,4,6H2,2H3. The molecule has 1 heteroatoms. The van der Waals surface area contributed by atoms with Crippen LogP contribution in [0.1, 0.15) is 19.8 Å². The van der Waals surface area contributed by atoms with Gasteiger partial charge in [0.1, 0.15) is 0 Å². The van der Waals surface area contributed by atoms with Crippen LogP contribution in [0.4, 0.5) is 0 Å². The molecular formula is C9H13N. The molecule has 10 heavy (non-hydrogen) atoms. The number of dihydropyridines is 1. The predicted molar refractivity (Wildman–Crippen MR) is 45.5 cm³/mol. The van der Waals surface area contributed by atoms with Crippen molar-refractivity contribution in [2.75, 3.05) is 0 Å². The highest BCUT2D eigenvalue weighted by atomic mass is 14.8.